The second-order valence-corrected chi connectivity index (χ2v) is 5.41. The summed E-state index contributed by atoms with van der Waals surface area (Å²) in [5, 5.41) is 0. The van der Waals surface area contributed by atoms with Crippen LogP contribution in [0.1, 0.15) is 32.6 Å². The normalized spacial score (nSPS) is 34.0. The van der Waals surface area contributed by atoms with E-state index in [0.29, 0.717) is 0 Å². The van der Waals surface area contributed by atoms with Crippen molar-refractivity contribution in [2.45, 2.75) is 44.7 Å². The maximum absolute atomic E-state index is 5.77. The first kappa shape index (κ1) is 11.7. The van der Waals surface area contributed by atoms with Gasteiger partial charge in [0, 0.05) is 31.1 Å². The van der Waals surface area contributed by atoms with Crippen LogP contribution in [0.2, 0.25) is 0 Å². The lowest BCUT2D eigenvalue weighted by Gasteiger charge is -2.47. The summed E-state index contributed by atoms with van der Waals surface area (Å²) in [7, 11) is 0. The molecule has 2 rings (SSSR count). The molecule has 2 atom stereocenters. The summed E-state index contributed by atoms with van der Waals surface area (Å²) in [4.78, 5) is 5.33. The Hall–Kier alpha value is 0.210. The number of hydrogen-bond donors (Lipinski definition) is 0. The number of fused-ring (bicyclic) bond motifs is 1. The maximum Gasteiger partial charge on any atom is 0.0235 e. The van der Waals surface area contributed by atoms with E-state index in [1.54, 1.807) is 0 Å². The highest BCUT2D eigenvalue weighted by molar-refractivity contribution is 6.17. The highest BCUT2D eigenvalue weighted by atomic mass is 35.5. The third-order valence-electron chi connectivity index (χ3n) is 3.90. The Morgan fingerprint density at radius 3 is 2.93 bits per heavy atom. The summed E-state index contributed by atoms with van der Waals surface area (Å²) < 4.78 is 0. The van der Waals surface area contributed by atoms with Crippen molar-refractivity contribution in [2.75, 3.05) is 32.1 Å². The van der Waals surface area contributed by atoms with E-state index in [1.165, 1.54) is 45.4 Å². The van der Waals surface area contributed by atoms with Crippen molar-refractivity contribution in [2.24, 2.45) is 0 Å². The minimum atomic E-state index is 0.725. The summed E-state index contributed by atoms with van der Waals surface area (Å²) in [6, 6.07) is 1.56. The van der Waals surface area contributed by atoms with Gasteiger partial charge in [0.1, 0.15) is 0 Å². The minimum Gasteiger partial charge on any atom is -0.298 e. The third-order valence-corrected chi connectivity index (χ3v) is 4.16. The Labute approximate surface area is 98.6 Å². The zero-order valence-corrected chi connectivity index (χ0v) is 10.5. The molecule has 2 fully saturated rings. The van der Waals surface area contributed by atoms with Crippen molar-refractivity contribution in [1.29, 1.82) is 0 Å². The molecule has 2 aliphatic heterocycles. The summed E-state index contributed by atoms with van der Waals surface area (Å²) in [6.07, 6.45) is 5.38. The van der Waals surface area contributed by atoms with Crippen LogP contribution in [0.4, 0.5) is 0 Å². The first-order valence-corrected chi connectivity index (χ1v) is 6.89. The zero-order chi connectivity index (χ0) is 10.7. The van der Waals surface area contributed by atoms with E-state index in [4.69, 9.17) is 11.6 Å². The summed E-state index contributed by atoms with van der Waals surface area (Å²) in [5.41, 5.74) is 0. The lowest BCUT2D eigenvalue weighted by molar-refractivity contribution is 0.0156. The average molecular weight is 231 g/mol. The van der Waals surface area contributed by atoms with Crippen LogP contribution in [-0.4, -0.2) is 53.9 Å². The van der Waals surface area contributed by atoms with Gasteiger partial charge < -0.3 is 0 Å². The first-order valence-electron chi connectivity index (χ1n) is 6.35. The minimum absolute atomic E-state index is 0.725. The molecular formula is C12H23ClN2. The molecule has 0 aromatic carbocycles. The van der Waals surface area contributed by atoms with E-state index < -0.39 is 0 Å². The molecule has 0 aliphatic carbocycles. The third kappa shape index (κ3) is 2.86. The van der Waals surface area contributed by atoms with Crippen LogP contribution in [0, 0.1) is 0 Å². The Balaban J connectivity index is 1.87. The van der Waals surface area contributed by atoms with Gasteiger partial charge in [0.25, 0.3) is 0 Å². The van der Waals surface area contributed by atoms with Crippen molar-refractivity contribution in [1.82, 2.24) is 9.80 Å². The van der Waals surface area contributed by atoms with Gasteiger partial charge in [0.2, 0.25) is 0 Å². The molecule has 2 unspecified atom stereocenters. The van der Waals surface area contributed by atoms with Gasteiger partial charge >= 0.3 is 0 Å². The summed E-state index contributed by atoms with van der Waals surface area (Å²) in [5.74, 6) is 0.803. The van der Waals surface area contributed by atoms with E-state index >= 15 is 0 Å². The van der Waals surface area contributed by atoms with Crippen molar-refractivity contribution in [3.8, 4) is 0 Å². The second-order valence-electron chi connectivity index (χ2n) is 5.03. The van der Waals surface area contributed by atoms with Crippen LogP contribution in [0.3, 0.4) is 0 Å². The molecule has 3 heteroatoms. The molecule has 15 heavy (non-hydrogen) atoms. The molecule has 0 spiro atoms. The van der Waals surface area contributed by atoms with E-state index in [2.05, 4.69) is 16.7 Å². The number of halogens is 1. The fraction of sp³-hybridized carbons (Fsp3) is 1.00. The van der Waals surface area contributed by atoms with Gasteiger partial charge in [-0.25, -0.2) is 0 Å². The quantitative estimate of drug-likeness (QED) is 0.686. The number of piperidine rings is 1. The SMILES string of the molecule is CC1CN2CCCCC2CN1CCCCl. The topological polar surface area (TPSA) is 6.48 Å². The molecule has 88 valence electrons. The van der Waals surface area contributed by atoms with Gasteiger partial charge in [0.15, 0.2) is 0 Å². The Morgan fingerprint density at radius 2 is 2.13 bits per heavy atom. The molecular weight excluding hydrogens is 208 g/mol. The molecule has 0 bridgehead atoms. The summed E-state index contributed by atoms with van der Waals surface area (Å²) >= 11 is 5.77. The van der Waals surface area contributed by atoms with Gasteiger partial charge in [-0.1, -0.05) is 6.42 Å². The van der Waals surface area contributed by atoms with Gasteiger partial charge in [0.05, 0.1) is 0 Å². The lowest BCUT2D eigenvalue weighted by atomic mass is 9.97. The predicted molar refractivity (Wildman–Crippen MR) is 65.6 cm³/mol. The number of nitrogens with zero attached hydrogens (tertiary/aromatic N) is 2. The molecule has 0 N–H and O–H groups in total. The monoisotopic (exact) mass is 230 g/mol. The van der Waals surface area contributed by atoms with Crippen molar-refractivity contribution >= 4 is 11.6 Å². The van der Waals surface area contributed by atoms with Crippen LogP contribution in [0.25, 0.3) is 0 Å². The zero-order valence-electron chi connectivity index (χ0n) is 9.79. The van der Waals surface area contributed by atoms with E-state index in [1.807, 2.05) is 0 Å². The van der Waals surface area contributed by atoms with Crippen molar-refractivity contribution in [3.63, 3.8) is 0 Å². The Kier molecular flexibility index (Phi) is 4.30. The molecule has 0 aromatic heterocycles. The molecule has 0 saturated carbocycles. The van der Waals surface area contributed by atoms with E-state index in [-0.39, 0.29) is 0 Å². The second kappa shape index (κ2) is 5.51. The average Bonchev–Trinajstić information content (AvgIpc) is 2.26. The van der Waals surface area contributed by atoms with Gasteiger partial charge in [-0.05, 0) is 39.3 Å². The van der Waals surface area contributed by atoms with Crippen molar-refractivity contribution in [3.05, 3.63) is 0 Å². The highest BCUT2D eigenvalue weighted by Crippen LogP contribution is 2.23. The van der Waals surface area contributed by atoms with E-state index in [0.717, 1.165) is 24.4 Å². The molecule has 2 heterocycles. The number of alkyl halides is 1. The molecule has 2 saturated heterocycles. The number of hydrogen-bond acceptors (Lipinski definition) is 2. The Bertz CT molecular complexity index is 198. The fourth-order valence-corrected chi connectivity index (χ4v) is 3.11. The number of rotatable bonds is 3. The van der Waals surface area contributed by atoms with Crippen molar-refractivity contribution < 1.29 is 0 Å². The van der Waals surface area contributed by atoms with E-state index in [9.17, 15) is 0 Å². The number of piperazine rings is 1. The standard InChI is InChI=1S/C12H23ClN2/c1-11-9-15-7-3-2-5-12(15)10-14(11)8-4-6-13/h11-12H,2-10H2,1H3. The van der Waals surface area contributed by atoms with Crippen LogP contribution in [0.5, 0.6) is 0 Å². The highest BCUT2D eigenvalue weighted by Gasteiger charge is 2.32. The van der Waals surface area contributed by atoms with Crippen LogP contribution < -0.4 is 0 Å². The Morgan fingerprint density at radius 1 is 1.27 bits per heavy atom. The molecule has 2 nitrogen and oxygen atoms in total. The smallest absolute Gasteiger partial charge is 0.0235 e. The van der Waals surface area contributed by atoms with Crippen LogP contribution in [0.15, 0.2) is 0 Å². The molecule has 0 aromatic rings. The largest absolute Gasteiger partial charge is 0.298 e. The lowest BCUT2D eigenvalue weighted by Crippen LogP contribution is -2.58. The summed E-state index contributed by atoms with van der Waals surface area (Å²) in [6.45, 7) is 7.43. The molecule has 0 amide bonds. The molecule has 2 aliphatic rings. The first-order chi connectivity index (χ1) is 7.31. The van der Waals surface area contributed by atoms with Gasteiger partial charge in [-0.2, -0.15) is 0 Å². The fourth-order valence-electron chi connectivity index (χ4n) is 2.99. The molecule has 0 radical (unpaired) electrons. The van der Waals surface area contributed by atoms with Gasteiger partial charge in [-0.15, -0.1) is 11.6 Å². The van der Waals surface area contributed by atoms with Crippen LogP contribution >= 0.6 is 11.6 Å². The van der Waals surface area contributed by atoms with Gasteiger partial charge in [-0.3, -0.25) is 9.80 Å². The van der Waals surface area contributed by atoms with Crippen LogP contribution in [-0.2, 0) is 0 Å². The maximum atomic E-state index is 5.77. The predicted octanol–water partition coefficient (Wildman–Crippen LogP) is 2.17.